The SMILES string of the molecule is O=C(Nc1ccc(C(=O)N2CCCN(CCCN3CCOCC3)c3ccccc32)cc1)c1ccccc1-c1ccccc1. The van der Waals surface area contributed by atoms with Crippen molar-refractivity contribution in [2.45, 2.75) is 12.8 Å². The minimum atomic E-state index is -0.186. The molecule has 0 atom stereocenters. The molecule has 0 bridgehead atoms. The van der Waals surface area contributed by atoms with Gasteiger partial charge in [-0.05, 0) is 66.4 Å². The van der Waals surface area contributed by atoms with Crippen molar-refractivity contribution in [1.29, 1.82) is 0 Å². The Kier molecular flexibility index (Phi) is 9.11. The predicted molar refractivity (Wildman–Crippen MR) is 173 cm³/mol. The van der Waals surface area contributed by atoms with Crippen LogP contribution >= 0.6 is 0 Å². The minimum absolute atomic E-state index is 0.0325. The summed E-state index contributed by atoms with van der Waals surface area (Å²) in [6.07, 6.45) is 1.97. The molecule has 7 heteroatoms. The molecule has 2 aliphatic rings. The van der Waals surface area contributed by atoms with E-state index in [1.165, 1.54) is 0 Å². The maximum atomic E-state index is 13.8. The largest absolute Gasteiger partial charge is 0.379 e. The van der Waals surface area contributed by atoms with Crippen LogP contribution in [0.3, 0.4) is 0 Å². The summed E-state index contributed by atoms with van der Waals surface area (Å²) in [6, 6.07) is 32.9. The third-order valence-electron chi connectivity index (χ3n) is 8.22. The quantitative estimate of drug-likeness (QED) is 0.272. The van der Waals surface area contributed by atoms with Crippen molar-refractivity contribution in [3.8, 4) is 11.1 Å². The van der Waals surface area contributed by atoms with Gasteiger partial charge in [0, 0.05) is 56.1 Å². The molecule has 0 aliphatic carbocycles. The van der Waals surface area contributed by atoms with Crippen LogP contribution in [0.25, 0.3) is 11.1 Å². The number of nitrogens with one attached hydrogen (secondary N) is 1. The van der Waals surface area contributed by atoms with Crippen LogP contribution in [0, 0.1) is 0 Å². The van der Waals surface area contributed by atoms with E-state index >= 15 is 0 Å². The number of benzene rings is 4. The fraction of sp³-hybridized carbons (Fsp3) is 0.278. The zero-order valence-electron chi connectivity index (χ0n) is 24.5. The first-order chi connectivity index (χ1) is 21.2. The zero-order chi connectivity index (χ0) is 29.4. The summed E-state index contributed by atoms with van der Waals surface area (Å²) in [4.78, 5) is 33.8. The molecule has 0 spiro atoms. The highest BCUT2D eigenvalue weighted by Crippen LogP contribution is 2.33. The van der Waals surface area contributed by atoms with E-state index in [2.05, 4.69) is 27.2 Å². The van der Waals surface area contributed by atoms with Crippen LogP contribution in [0.2, 0.25) is 0 Å². The maximum Gasteiger partial charge on any atom is 0.258 e. The van der Waals surface area contributed by atoms with Gasteiger partial charge in [0.2, 0.25) is 0 Å². The second-order valence-corrected chi connectivity index (χ2v) is 11.0. The Morgan fingerprint density at radius 2 is 1.40 bits per heavy atom. The Labute approximate surface area is 253 Å². The van der Waals surface area contributed by atoms with Crippen LogP contribution in [-0.2, 0) is 4.74 Å². The van der Waals surface area contributed by atoms with E-state index in [0.29, 0.717) is 23.4 Å². The fourth-order valence-corrected chi connectivity index (χ4v) is 5.97. The molecule has 0 saturated carbocycles. The number of hydrogen-bond acceptors (Lipinski definition) is 5. The summed E-state index contributed by atoms with van der Waals surface area (Å²) in [5, 5.41) is 3.01. The molecule has 0 aromatic heterocycles. The standard InChI is InChI=1S/C36H38N4O3/c41-35(32-13-5-4-12-31(32)28-10-2-1-3-11-28)37-30-18-16-29(17-19-30)36(42)40-23-9-22-39(33-14-6-7-15-34(33)40)21-8-20-38-24-26-43-27-25-38/h1-7,10-19H,8-9,20-27H2,(H,37,41). The molecule has 4 aromatic carbocycles. The Balaban J connectivity index is 1.13. The van der Waals surface area contributed by atoms with Crippen molar-refractivity contribution in [2.75, 3.05) is 67.6 Å². The number of ether oxygens (including phenoxy) is 1. The molecule has 4 aromatic rings. The molecule has 1 fully saturated rings. The van der Waals surface area contributed by atoms with Crippen molar-refractivity contribution >= 4 is 28.9 Å². The van der Waals surface area contributed by atoms with Gasteiger partial charge in [0.05, 0.1) is 24.6 Å². The summed E-state index contributed by atoms with van der Waals surface area (Å²) >= 11 is 0. The number of nitrogens with zero attached hydrogens (tertiary/aromatic N) is 3. The van der Waals surface area contributed by atoms with Gasteiger partial charge >= 0.3 is 0 Å². The number of anilines is 3. The lowest BCUT2D eigenvalue weighted by molar-refractivity contribution is 0.0376. The second kappa shape index (κ2) is 13.7. The topological polar surface area (TPSA) is 65.1 Å². The monoisotopic (exact) mass is 574 g/mol. The van der Waals surface area contributed by atoms with Crippen LogP contribution in [0.4, 0.5) is 17.1 Å². The van der Waals surface area contributed by atoms with E-state index < -0.39 is 0 Å². The molecule has 220 valence electrons. The molecule has 2 aliphatic heterocycles. The first kappa shape index (κ1) is 28.6. The Morgan fingerprint density at radius 3 is 2.19 bits per heavy atom. The number of carbonyl (C=O) groups excluding carboxylic acids is 2. The summed E-state index contributed by atoms with van der Waals surface area (Å²) in [5.74, 6) is -0.219. The summed E-state index contributed by atoms with van der Waals surface area (Å²) in [6.45, 7) is 7.23. The van der Waals surface area contributed by atoms with Gasteiger partial charge in [0.15, 0.2) is 0 Å². The highest BCUT2D eigenvalue weighted by Gasteiger charge is 2.25. The normalized spacial score (nSPS) is 15.4. The average Bonchev–Trinajstić information content (AvgIpc) is 3.25. The first-order valence-corrected chi connectivity index (χ1v) is 15.2. The van der Waals surface area contributed by atoms with Crippen LogP contribution in [0.5, 0.6) is 0 Å². The van der Waals surface area contributed by atoms with Gasteiger partial charge in [-0.1, -0.05) is 60.7 Å². The van der Waals surface area contributed by atoms with E-state index in [0.717, 1.165) is 81.3 Å². The molecule has 7 nitrogen and oxygen atoms in total. The van der Waals surface area contributed by atoms with Crippen molar-refractivity contribution < 1.29 is 14.3 Å². The van der Waals surface area contributed by atoms with Gasteiger partial charge in [-0.15, -0.1) is 0 Å². The lowest BCUT2D eigenvalue weighted by Crippen LogP contribution is -2.38. The van der Waals surface area contributed by atoms with Crippen LogP contribution in [0.1, 0.15) is 33.6 Å². The third-order valence-corrected chi connectivity index (χ3v) is 8.22. The van der Waals surface area contributed by atoms with E-state index in [1.54, 1.807) is 24.3 Å². The van der Waals surface area contributed by atoms with Gasteiger partial charge in [0.1, 0.15) is 0 Å². The van der Waals surface area contributed by atoms with Crippen LogP contribution in [0.15, 0.2) is 103 Å². The van der Waals surface area contributed by atoms with Gasteiger partial charge in [-0.2, -0.15) is 0 Å². The first-order valence-electron chi connectivity index (χ1n) is 15.2. The molecule has 2 amide bonds. The smallest absolute Gasteiger partial charge is 0.258 e. The highest BCUT2D eigenvalue weighted by atomic mass is 16.5. The lowest BCUT2D eigenvalue weighted by Gasteiger charge is -2.29. The van der Waals surface area contributed by atoms with E-state index in [4.69, 9.17) is 4.74 Å². The third kappa shape index (κ3) is 6.79. The molecule has 43 heavy (non-hydrogen) atoms. The number of rotatable bonds is 8. The number of morpholine rings is 1. The summed E-state index contributed by atoms with van der Waals surface area (Å²) in [7, 11) is 0. The molecule has 0 radical (unpaired) electrons. The minimum Gasteiger partial charge on any atom is -0.379 e. The van der Waals surface area contributed by atoms with E-state index in [9.17, 15) is 9.59 Å². The molecular weight excluding hydrogens is 536 g/mol. The van der Waals surface area contributed by atoms with Crippen molar-refractivity contribution in [1.82, 2.24) is 4.90 Å². The fourth-order valence-electron chi connectivity index (χ4n) is 5.97. The second-order valence-electron chi connectivity index (χ2n) is 11.0. The van der Waals surface area contributed by atoms with Crippen molar-refractivity contribution in [3.63, 3.8) is 0 Å². The van der Waals surface area contributed by atoms with Crippen molar-refractivity contribution in [3.05, 3.63) is 114 Å². The predicted octanol–water partition coefficient (Wildman–Crippen LogP) is 6.19. The zero-order valence-corrected chi connectivity index (χ0v) is 24.5. The van der Waals surface area contributed by atoms with E-state index in [-0.39, 0.29) is 11.8 Å². The summed E-state index contributed by atoms with van der Waals surface area (Å²) in [5.41, 5.74) is 5.77. The van der Waals surface area contributed by atoms with Crippen molar-refractivity contribution in [2.24, 2.45) is 0 Å². The Bertz CT molecular complexity index is 1530. The molecule has 2 heterocycles. The van der Waals surface area contributed by atoms with Gasteiger partial charge in [-0.25, -0.2) is 0 Å². The van der Waals surface area contributed by atoms with Gasteiger partial charge in [0.25, 0.3) is 11.8 Å². The molecule has 1 saturated heterocycles. The van der Waals surface area contributed by atoms with Gasteiger partial charge < -0.3 is 19.9 Å². The number of amides is 2. The molecule has 6 rings (SSSR count). The molecular formula is C36H38N4O3. The number of para-hydroxylation sites is 2. The van der Waals surface area contributed by atoms with Gasteiger partial charge in [-0.3, -0.25) is 14.5 Å². The van der Waals surface area contributed by atoms with E-state index in [1.807, 2.05) is 71.6 Å². The van der Waals surface area contributed by atoms with Crippen LogP contribution < -0.4 is 15.1 Å². The van der Waals surface area contributed by atoms with Crippen LogP contribution in [-0.4, -0.2) is 69.2 Å². The lowest BCUT2D eigenvalue weighted by atomic mass is 9.99. The number of carbonyl (C=O) groups is 2. The molecule has 1 N–H and O–H groups in total. The molecule has 0 unspecified atom stereocenters. The number of hydrogen-bond donors (Lipinski definition) is 1. The summed E-state index contributed by atoms with van der Waals surface area (Å²) < 4.78 is 5.48. The average molecular weight is 575 g/mol. The highest BCUT2D eigenvalue weighted by molar-refractivity contribution is 6.10. The Hall–Kier alpha value is -4.46. The maximum absolute atomic E-state index is 13.8. The Morgan fingerprint density at radius 1 is 0.698 bits per heavy atom. The number of fused-ring (bicyclic) bond motifs is 1.